The number of amides is 1. The molecule has 0 saturated heterocycles. The molecule has 1 atom stereocenters. The number of hydrogen-bond acceptors (Lipinski definition) is 5. The highest BCUT2D eigenvalue weighted by molar-refractivity contribution is 5.95. The van der Waals surface area contributed by atoms with Gasteiger partial charge in [0.25, 0.3) is 11.5 Å². The van der Waals surface area contributed by atoms with Gasteiger partial charge in [0.2, 0.25) is 0 Å². The van der Waals surface area contributed by atoms with Crippen molar-refractivity contribution in [3.63, 3.8) is 0 Å². The first kappa shape index (κ1) is 17.0. The minimum absolute atomic E-state index is 0.270. The number of pyridine rings is 1. The number of carbonyl (C=O) groups excluding carboxylic acids is 2. The molecule has 24 heavy (non-hydrogen) atoms. The third-order valence-electron chi connectivity index (χ3n) is 3.16. The number of carbonyl (C=O) groups is 2. The lowest BCUT2D eigenvalue weighted by atomic mass is 10.2. The predicted molar refractivity (Wildman–Crippen MR) is 86.0 cm³/mol. The van der Waals surface area contributed by atoms with Crippen LogP contribution in [0.4, 0.5) is 5.69 Å². The lowest BCUT2D eigenvalue weighted by Crippen LogP contribution is -2.32. The fourth-order valence-electron chi connectivity index (χ4n) is 1.89. The Morgan fingerprint density at radius 2 is 1.96 bits per heavy atom. The summed E-state index contributed by atoms with van der Waals surface area (Å²) in [6, 6.07) is 12.8. The SMILES string of the molecule is C[C@H](OC(=O)Cn1ccccc1=O)C(=O)Nc1ccc(C#N)cc1. The van der Waals surface area contributed by atoms with Gasteiger partial charge in [0.15, 0.2) is 6.10 Å². The van der Waals surface area contributed by atoms with Crippen LogP contribution in [0.3, 0.4) is 0 Å². The number of aromatic nitrogens is 1. The summed E-state index contributed by atoms with van der Waals surface area (Å²) in [5.41, 5.74) is 0.631. The van der Waals surface area contributed by atoms with Gasteiger partial charge in [-0.25, -0.2) is 0 Å². The number of ether oxygens (including phenoxy) is 1. The minimum atomic E-state index is -1.02. The first-order valence-electron chi connectivity index (χ1n) is 7.15. The molecule has 1 aromatic heterocycles. The number of anilines is 1. The molecule has 1 N–H and O–H groups in total. The van der Waals surface area contributed by atoms with Crippen LogP contribution in [-0.4, -0.2) is 22.5 Å². The number of hydrogen-bond donors (Lipinski definition) is 1. The van der Waals surface area contributed by atoms with E-state index in [0.717, 1.165) is 0 Å². The second-order valence-corrected chi connectivity index (χ2v) is 4.98. The van der Waals surface area contributed by atoms with E-state index in [2.05, 4.69) is 5.32 Å². The minimum Gasteiger partial charge on any atom is -0.451 e. The standard InChI is InChI=1S/C17H15N3O4/c1-12(17(23)19-14-7-5-13(10-18)6-8-14)24-16(22)11-20-9-3-2-4-15(20)21/h2-9,12H,11H2,1H3,(H,19,23)/t12-/m0/s1. The van der Waals surface area contributed by atoms with Crippen LogP contribution in [-0.2, 0) is 20.9 Å². The van der Waals surface area contributed by atoms with Crippen molar-refractivity contribution in [2.45, 2.75) is 19.6 Å². The molecule has 0 bridgehead atoms. The summed E-state index contributed by atoms with van der Waals surface area (Å²) in [5.74, 6) is -1.20. The highest BCUT2D eigenvalue weighted by Gasteiger charge is 2.18. The average molecular weight is 325 g/mol. The highest BCUT2D eigenvalue weighted by atomic mass is 16.5. The van der Waals surface area contributed by atoms with E-state index >= 15 is 0 Å². The first-order valence-corrected chi connectivity index (χ1v) is 7.15. The van der Waals surface area contributed by atoms with Crippen LogP contribution in [0.25, 0.3) is 0 Å². The molecule has 7 nitrogen and oxygen atoms in total. The molecule has 1 aromatic carbocycles. The monoisotopic (exact) mass is 325 g/mol. The van der Waals surface area contributed by atoms with Crippen molar-refractivity contribution >= 4 is 17.6 Å². The van der Waals surface area contributed by atoms with Crippen molar-refractivity contribution in [1.82, 2.24) is 4.57 Å². The van der Waals surface area contributed by atoms with Gasteiger partial charge in [0, 0.05) is 18.0 Å². The molecule has 0 unspecified atom stereocenters. The molecule has 0 spiro atoms. The van der Waals surface area contributed by atoms with Crippen LogP contribution in [0.5, 0.6) is 0 Å². The zero-order valence-corrected chi connectivity index (χ0v) is 12.9. The molecule has 0 fully saturated rings. The summed E-state index contributed by atoms with van der Waals surface area (Å²) in [5, 5.41) is 11.3. The smallest absolute Gasteiger partial charge is 0.326 e. The van der Waals surface area contributed by atoms with Gasteiger partial charge in [-0.1, -0.05) is 6.07 Å². The van der Waals surface area contributed by atoms with Gasteiger partial charge in [-0.2, -0.15) is 5.26 Å². The summed E-state index contributed by atoms with van der Waals surface area (Å²) in [6.45, 7) is 1.17. The number of nitrogens with zero attached hydrogens (tertiary/aromatic N) is 2. The number of nitrogens with one attached hydrogen (secondary N) is 1. The van der Waals surface area contributed by atoms with Gasteiger partial charge in [-0.3, -0.25) is 14.4 Å². The molecule has 0 aliphatic heterocycles. The molecule has 2 rings (SSSR count). The van der Waals surface area contributed by atoms with E-state index in [0.29, 0.717) is 11.3 Å². The van der Waals surface area contributed by atoms with Crippen LogP contribution in [0.15, 0.2) is 53.5 Å². The maximum atomic E-state index is 12.0. The van der Waals surface area contributed by atoms with E-state index in [9.17, 15) is 14.4 Å². The van der Waals surface area contributed by atoms with Gasteiger partial charge in [-0.15, -0.1) is 0 Å². The highest BCUT2D eigenvalue weighted by Crippen LogP contribution is 2.09. The summed E-state index contributed by atoms with van der Waals surface area (Å²) in [6.07, 6.45) is 0.443. The third kappa shape index (κ3) is 4.55. The van der Waals surface area contributed by atoms with Crippen LogP contribution in [0, 0.1) is 11.3 Å². The Hall–Kier alpha value is -3.40. The average Bonchev–Trinajstić information content (AvgIpc) is 2.57. The fourth-order valence-corrected chi connectivity index (χ4v) is 1.89. The summed E-state index contributed by atoms with van der Waals surface area (Å²) in [4.78, 5) is 35.3. The van der Waals surface area contributed by atoms with E-state index in [1.165, 1.54) is 23.8 Å². The summed E-state index contributed by atoms with van der Waals surface area (Å²) in [7, 11) is 0. The number of esters is 1. The number of rotatable bonds is 5. The van der Waals surface area contributed by atoms with Crippen molar-refractivity contribution in [3.8, 4) is 6.07 Å². The molecular formula is C17H15N3O4. The number of benzene rings is 1. The third-order valence-corrected chi connectivity index (χ3v) is 3.16. The van der Waals surface area contributed by atoms with E-state index < -0.39 is 18.0 Å². The van der Waals surface area contributed by atoms with Crippen LogP contribution >= 0.6 is 0 Å². The maximum Gasteiger partial charge on any atom is 0.326 e. The van der Waals surface area contributed by atoms with E-state index in [1.807, 2.05) is 6.07 Å². The molecule has 1 amide bonds. The van der Waals surface area contributed by atoms with Crippen LogP contribution < -0.4 is 10.9 Å². The predicted octanol–water partition coefficient (Wildman–Crippen LogP) is 1.29. The molecule has 2 aromatic rings. The lowest BCUT2D eigenvalue weighted by Gasteiger charge is -2.14. The molecule has 0 aliphatic carbocycles. The van der Waals surface area contributed by atoms with E-state index in [-0.39, 0.29) is 12.1 Å². The molecule has 122 valence electrons. The second kappa shape index (κ2) is 7.74. The lowest BCUT2D eigenvalue weighted by molar-refractivity contribution is -0.153. The Kier molecular flexibility index (Phi) is 5.47. The van der Waals surface area contributed by atoms with Gasteiger partial charge >= 0.3 is 5.97 Å². The zero-order chi connectivity index (χ0) is 17.5. The molecule has 1 heterocycles. The first-order chi connectivity index (χ1) is 11.5. The van der Waals surface area contributed by atoms with E-state index in [4.69, 9.17) is 10.00 Å². The van der Waals surface area contributed by atoms with Crippen molar-refractivity contribution in [2.24, 2.45) is 0 Å². The van der Waals surface area contributed by atoms with Crippen molar-refractivity contribution in [3.05, 3.63) is 64.6 Å². The largest absolute Gasteiger partial charge is 0.451 e. The van der Waals surface area contributed by atoms with Gasteiger partial charge < -0.3 is 14.6 Å². The van der Waals surface area contributed by atoms with Gasteiger partial charge in [-0.05, 0) is 37.3 Å². The summed E-state index contributed by atoms with van der Waals surface area (Å²) >= 11 is 0. The zero-order valence-electron chi connectivity index (χ0n) is 12.9. The molecular weight excluding hydrogens is 310 g/mol. The Morgan fingerprint density at radius 1 is 1.25 bits per heavy atom. The van der Waals surface area contributed by atoms with Gasteiger partial charge in [0.05, 0.1) is 11.6 Å². The normalized spacial score (nSPS) is 11.2. The Bertz CT molecular complexity index is 834. The van der Waals surface area contributed by atoms with Gasteiger partial charge in [0.1, 0.15) is 6.54 Å². The van der Waals surface area contributed by atoms with Crippen molar-refractivity contribution in [2.75, 3.05) is 5.32 Å². The summed E-state index contributed by atoms with van der Waals surface area (Å²) < 4.78 is 6.21. The van der Waals surface area contributed by atoms with Crippen molar-refractivity contribution in [1.29, 1.82) is 5.26 Å². The Balaban J connectivity index is 1.91. The Labute approximate surface area is 138 Å². The van der Waals surface area contributed by atoms with Crippen LogP contribution in [0.2, 0.25) is 0 Å². The molecule has 0 radical (unpaired) electrons. The molecule has 0 aliphatic rings. The van der Waals surface area contributed by atoms with E-state index in [1.54, 1.807) is 36.4 Å². The Morgan fingerprint density at radius 3 is 2.58 bits per heavy atom. The van der Waals surface area contributed by atoms with Crippen LogP contribution in [0.1, 0.15) is 12.5 Å². The quantitative estimate of drug-likeness (QED) is 0.835. The van der Waals surface area contributed by atoms with Crippen molar-refractivity contribution < 1.29 is 14.3 Å². The molecule has 7 heteroatoms. The number of nitriles is 1. The topological polar surface area (TPSA) is 101 Å². The molecule has 0 saturated carbocycles. The maximum absolute atomic E-state index is 12.0. The second-order valence-electron chi connectivity index (χ2n) is 4.98. The fraction of sp³-hybridized carbons (Fsp3) is 0.176.